The quantitative estimate of drug-likeness (QED) is 0.609. The first-order valence-corrected chi connectivity index (χ1v) is 12.2. The SMILES string of the molecule is O=S(=O)(c1ccc(F)cc1)N1C[C@H]2[C@@H](c3ccccc31)[C@H](CO)N2Cc1ccccc1Cl. The fraction of sp³-hybridized carbons (Fsp3) is 0.250. The summed E-state index contributed by atoms with van der Waals surface area (Å²) < 4.78 is 41.9. The topological polar surface area (TPSA) is 60.9 Å². The number of benzene rings is 3. The minimum absolute atomic E-state index is 0.0124. The van der Waals surface area contributed by atoms with Crippen LogP contribution < -0.4 is 4.31 Å². The molecule has 5 rings (SSSR count). The minimum Gasteiger partial charge on any atom is -0.395 e. The van der Waals surface area contributed by atoms with Crippen LogP contribution in [0.3, 0.4) is 0 Å². The maximum absolute atomic E-state index is 13.5. The number of fused-ring (bicyclic) bond motifs is 3. The van der Waals surface area contributed by atoms with Crippen molar-refractivity contribution < 1.29 is 17.9 Å². The van der Waals surface area contributed by atoms with Gasteiger partial charge in [0.15, 0.2) is 0 Å². The molecule has 0 aliphatic carbocycles. The van der Waals surface area contributed by atoms with Crippen molar-refractivity contribution in [1.29, 1.82) is 0 Å². The first-order chi connectivity index (χ1) is 15.4. The highest BCUT2D eigenvalue weighted by Gasteiger charge is 2.54. The maximum Gasteiger partial charge on any atom is 0.264 e. The standard InChI is InChI=1S/C24H22ClFN2O3S/c25-20-7-3-1-5-16(20)13-27-22-14-28(32(30,31)18-11-9-17(26)10-12-18)21-8-4-2-6-19(21)24(22)23(27)15-29/h1-12,22-24,29H,13-15H2/t22-,23-,24+/m0/s1. The third-order valence-corrected chi connectivity index (χ3v) is 8.66. The van der Waals surface area contributed by atoms with E-state index < -0.39 is 15.8 Å². The number of nitrogens with zero attached hydrogens (tertiary/aromatic N) is 2. The average Bonchev–Trinajstić information content (AvgIpc) is 2.78. The molecule has 1 saturated heterocycles. The van der Waals surface area contributed by atoms with E-state index in [1.165, 1.54) is 16.4 Å². The monoisotopic (exact) mass is 472 g/mol. The van der Waals surface area contributed by atoms with Crippen molar-refractivity contribution in [2.45, 2.75) is 29.4 Å². The van der Waals surface area contributed by atoms with Crippen LogP contribution in [0.5, 0.6) is 0 Å². The molecule has 8 heteroatoms. The fourth-order valence-electron chi connectivity index (χ4n) is 4.95. The van der Waals surface area contributed by atoms with Gasteiger partial charge >= 0.3 is 0 Å². The molecule has 32 heavy (non-hydrogen) atoms. The van der Waals surface area contributed by atoms with E-state index in [0.717, 1.165) is 23.3 Å². The highest BCUT2D eigenvalue weighted by Crippen LogP contribution is 2.50. The zero-order valence-electron chi connectivity index (χ0n) is 17.1. The Bertz CT molecular complexity index is 1250. The number of rotatable bonds is 5. The second-order valence-corrected chi connectivity index (χ2v) is 10.4. The number of sulfonamides is 1. The highest BCUT2D eigenvalue weighted by molar-refractivity contribution is 7.92. The molecule has 2 aliphatic rings. The number of aliphatic hydroxyl groups excluding tert-OH is 1. The molecule has 1 N–H and O–H groups in total. The van der Waals surface area contributed by atoms with E-state index in [1.807, 2.05) is 36.4 Å². The number of aliphatic hydroxyl groups is 1. The molecule has 3 aromatic rings. The molecule has 0 radical (unpaired) electrons. The summed E-state index contributed by atoms with van der Waals surface area (Å²) in [5.41, 5.74) is 2.43. The normalized spacial score (nSPS) is 22.7. The predicted molar refractivity (Wildman–Crippen MR) is 122 cm³/mol. The lowest BCUT2D eigenvalue weighted by Gasteiger charge is -2.59. The van der Waals surface area contributed by atoms with E-state index in [-0.39, 0.29) is 36.0 Å². The van der Waals surface area contributed by atoms with Gasteiger partial charge in [0, 0.05) is 29.6 Å². The molecular formula is C24H22ClFN2O3S. The molecule has 0 amide bonds. The summed E-state index contributed by atoms with van der Waals surface area (Å²) in [7, 11) is -3.89. The minimum atomic E-state index is -3.89. The van der Waals surface area contributed by atoms with Crippen molar-refractivity contribution in [3.8, 4) is 0 Å². The van der Waals surface area contributed by atoms with E-state index in [2.05, 4.69) is 4.90 Å². The Morgan fingerprint density at radius 1 is 1.00 bits per heavy atom. The summed E-state index contributed by atoms with van der Waals surface area (Å²) >= 11 is 6.36. The molecular weight excluding hydrogens is 451 g/mol. The van der Waals surface area contributed by atoms with Crippen LogP contribution in [-0.2, 0) is 16.6 Å². The van der Waals surface area contributed by atoms with Crippen LogP contribution in [0.15, 0.2) is 77.7 Å². The largest absolute Gasteiger partial charge is 0.395 e. The fourth-order valence-corrected chi connectivity index (χ4v) is 6.65. The Kier molecular flexibility index (Phi) is 5.45. The molecule has 3 atom stereocenters. The summed E-state index contributed by atoms with van der Waals surface area (Å²) in [4.78, 5) is 2.16. The molecule has 0 bridgehead atoms. The van der Waals surface area contributed by atoms with Gasteiger partial charge in [-0.3, -0.25) is 9.21 Å². The molecule has 0 aromatic heterocycles. The van der Waals surface area contributed by atoms with Gasteiger partial charge in [0.2, 0.25) is 0 Å². The zero-order chi connectivity index (χ0) is 22.5. The molecule has 2 aliphatic heterocycles. The van der Waals surface area contributed by atoms with Crippen molar-refractivity contribution in [3.63, 3.8) is 0 Å². The molecule has 0 saturated carbocycles. The Morgan fingerprint density at radius 2 is 1.69 bits per heavy atom. The molecule has 1 fully saturated rings. The number of halogens is 2. The van der Waals surface area contributed by atoms with Crippen molar-refractivity contribution in [2.24, 2.45) is 0 Å². The van der Waals surface area contributed by atoms with Crippen molar-refractivity contribution in [2.75, 3.05) is 17.5 Å². The summed E-state index contributed by atoms with van der Waals surface area (Å²) in [5.74, 6) is -0.475. The highest BCUT2D eigenvalue weighted by atomic mass is 35.5. The second-order valence-electron chi connectivity index (χ2n) is 8.16. The number of anilines is 1. The van der Waals surface area contributed by atoms with E-state index >= 15 is 0 Å². The van der Waals surface area contributed by atoms with Crippen LogP contribution in [0.25, 0.3) is 0 Å². The van der Waals surface area contributed by atoms with Gasteiger partial charge in [-0.15, -0.1) is 0 Å². The van der Waals surface area contributed by atoms with Crippen molar-refractivity contribution in [3.05, 3.63) is 94.8 Å². The Balaban J connectivity index is 1.54. The van der Waals surface area contributed by atoms with Gasteiger partial charge in [-0.2, -0.15) is 0 Å². The molecule has 166 valence electrons. The van der Waals surface area contributed by atoms with Crippen LogP contribution >= 0.6 is 11.6 Å². The van der Waals surface area contributed by atoms with Crippen LogP contribution in [0, 0.1) is 5.82 Å². The Morgan fingerprint density at radius 3 is 2.41 bits per heavy atom. The summed E-state index contributed by atoms with van der Waals surface area (Å²) in [5, 5.41) is 10.8. The third-order valence-electron chi connectivity index (χ3n) is 6.50. The summed E-state index contributed by atoms with van der Waals surface area (Å²) in [6, 6.07) is 19.6. The predicted octanol–water partition coefficient (Wildman–Crippen LogP) is 4.02. The lowest BCUT2D eigenvalue weighted by atomic mass is 9.72. The lowest BCUT2D eigenvalue weighted by Crippen LogP contribution is -2.68. The molecule has 5 nitrogen and oxygen atoms in total. The van der Waals surface area contributed by atoms with E-state index in [9.17, 15) is 17.9 Å². The van der Waals surface area contributed by atoms with Crippen molar-refractivity contribution >= 4 is 27.3 Å². The van der Waals surface area contributed by atoms with Crippen LogP contribution in [0.1, 0.15) is 17.0 Å². The maximum atomic E-state index is 13.5. The molecule has 2 heterocycles. The zero-order valence-corrected chi connectivity index (χ0v) is 18.7. The van der Waals surface area contributed by atoms with Gasteiger partial charge in [0.25, 0.3) is 10.0 Å². The summed E-state index contributed by atoms with van der Waals surface area (Å²) in [6.07, 6.45) is 0. The third kappa shape index (κ3) is 3.40. The summed E-state index contributed by atoms with van der Waals surface area (Å²) in [6.45, 7) is 0.714. The van der Waals surface area contributed by atoms with E-state index in [1.54, 1.807) is 12.1 Å². The van der Waals surface area contributed by atoms with Gasteiger partial charge < -0.3 is 5.11 Å². The molecule has 0 spiro atoms. The molecule has 0 unspecified atom stereocenters. The van der Waals surface area contributed by atoms with Crippen molar-refractivity contribution in [1.82, 2.24) is 4.90 Å². The smallest absolute Gasteiger partial charge is 0.264 e. The average molecular weight is 473 g/mol. The van der Waals surface area contributed by atoms with Gasteiger partial charge in [-0.05, 0) is 47.5 Å². The van der Waals surface area contributed by atoms with Gasteiger partial charge in [-0.25, -0.2) is 12.8 Å². The van der Waals surface area contributed by atoms with Crippen LogP contribution in [-0.4, -0.2) is 43.7 Å². The van der Waals surface area contributed by atoms with E-state index in [0.29, 0.717) is 17.3 Å². The first kappa shape index (κ1) is 21.4. The Hall–Kier alpha value is -2.45. The van der Waals surface area contributed by atoms with Gasteiger partial charge in [-0.1, -0.05) is 48.0 Å². The number of para-hydroxylation sites is 1. The van der Waals surface area contributed by atoms with E-state index in [4.69, 9.17) is 11.6 Å². The van der Waals surface area contributed by atoms with Crippen LogP contribution in [0.4, 0.5) is 10.1 Å². The number of hydrogen-bond donors (Lipinski definition) is 1. The lowest BCUT2D eigenvalue weighted by molar-refractivity contribution is -0.0477. The number of hydrogen-bond acceptors (Lipinski definition) is 4. The second kappa shape index (κ2) is 8.15. The van der Waals surface area contributed by atoms with Gasteiger partial charge in [0.05, 0.1) is 23.7 Å². The number of likely N-dealkylation sites (tertiary alicyclic amines) is 1. The molecule has 3 aromatic carbocycles. The van der Waals surface area contributed by atoms with Crippen LogP contribution in [0.2, 0.25) is 5.02 Å². The Labute approximate surface area is 191 Å². The van der Waals surface area contributed by atoms with Gasteiger partial charge in [0.1, 0.15) is 5.82 Å². The first-order valence-electron chi connectivity index (χ1n) is 10.4.